The highest BCUT2D eigenvalue weighted by molar-refractivity contribution is 6.33. The molecule has 0 bridgehead atoms. The van der Waals surface area contributed by atoms with Crippen LogP contribution < -0.4 is 20.3 Å². The summed E-state index contributed by atoms with van der Waals surface area (Å²) in [6.07, 6.45) is 0.542. The van der Waals surface area contributed by atoms with Gasteiger partial charge in [0.15, 0.2) is 11.5 Å². The van der Waals surface area contributed by atoms with Gasteiger partial charge in [-0.15, -0.1) is 0 Å². The van der Waals surface area contributed by atoms with Crippen LogP contribution in [-0.4, -0.2) is 36.7 Å². The SMILES string of the molecule is COc1ccc(CCN(Cc2cc3cc(C)c(C)cc3[nH]c2=O)C(=O)Nc2ccccc2Cl)cc1OC. The Bertz CT molecular complexity index is 1500. The van der Waals surface area contributed by atoms with Crippen LogP contribution in [0.1, 0.15) is 22.3 Å². The Hall–Kier alpha value is -3.97. The van der Waals surface area contributed by atoms with Crippen molar-refractivity contribution in [1.29, 1.82) is 0 Å². The van der Waals surface area contributed by atoms with Crippen LogP contribution in [0.3, 0.4) is 0 Å². The number of urea groups is 1. The first-order valence-electron chi connectivity index (χ1n) is 11.9. The van der Waals surface area contributed by atoms with Crippen LogP contribution in [0, 0.1) is 13.8 Å². The number of carbonyl (C=O) groups is 1. The number of benzene rings is 3. The van der Waals surface area contributed by atoms with Gasteiger partial charge in [0, 0.05) is 17.6 Å². The first-order chi connectivity index (χ1) is 17.8. The Morgan fingerprint density at radius 1 is 0.973 bits per heavy atom. The van der Waals surface area contributed by atoms with Crippen molar-refractivity contribution < 1.29 is 14.3 Å². The van der Waals surface area contributed by atoms with E-state index in [1.54, 1.807) is 43.4 Å². The number of carbonyl (C=O) groups excluding carboxylic acids is 1. The normalized spacial score (nSPS) is 10.8. The number of ether oxygens (including phenoxy) is 2. The third-order valence-electron chi connectivity index (χ3n) is 6.42. The third kappa shape index (κ3) is 6.06. The van der Waals surface area contributed by atoms with Crippen LogP contribution >= 0.6 is 11.6 Å². The van der Waals surface area contributed by atoms with E-state index in [4.69, 9.17) is 21.1 Å². The number of nitrogens with zero attached hydrogens (tertiary/aromatic N) is 1. The summed E-state index contributed by atoms with van der Waals surface area (Å²) in [5.74, 6) is 1.25. The maximum absolute atomic E-state index is 13.4. The summed E-state index contributed by atoms with van der Waals surface area (Å²) < 4.78 is 10.7. The zero-order valence-electron chi connectivity index (χ0n) is 21.4. The van der Waals surface area contributed by atoms with E-state index in [1.807, 2.05) is 50.2 Å². The molecule has 4 rings (SSSR count). The quantitative estimate of drug-likeness (QED) is 0.295. The van der Waals surface area contributed by atoms with E-state index in [9.17, 15) is 9.59 Å². The maximum atomic E-state index is 13.4. The van der Waals surface area contributed by atoms with Crippen LogP contribution in [0.5, 0.6) is 11.5 Å². The predicted molar refractivity (Wildman–Crippen MR) is 148 cm³/mol. The standard InChI is InChI=1S/C29H30ClN3O4/c1-18-13-21-16-22(28(34)31-25(21)14-19(18)2)17-33(29(35)32-24-8-6-5-7-23(24)30)12-11-20-9-10-26(36-3)27(15-20)37-4/h5-10,13-16H,11-12,17H2,1-4H3,(H,31,34)(H,32,35). The number of nitrogens with one attached hydrogen (secondary N) is 2. The van der Waals surface area contributed by atoms with Gasteiger partial charge in [-0.3, -0.25) is 4.79 Å². The van der Waals surface area contributed by atoms with Gasteiger partial charge in [0.25, 0.3) is 5.56 Å². The molecule has 3 aromatic carbocycles. The summed E-state index contributed by atoms with van der Waals surface area (Å²) in [5, 5.41) is 4.23. The lowest BCUT2D eigenvalue weighted by Crippen LogP contribution is -2.37. The molecule has 0 unspecified atom stereocenters. The monoisotopic (exact) mass is 519 g/mol. The minimum atomic E-state index is -0.354. The topological polar surface area (TPSA) is 83.7 Å². The average molecular weight is 520 g/mol. The van der Waals surface area contributed by atoms with Gasteiger partial charge in [-0.1, -0.05) is 29.8 Å². The van der Waals surface area contributed by atoms with Gasteiger partial charge in [-0.05, 0) is 84.8 Å². The zero-order chi connectivity index (χ0) is 26.5. The Balaban J connectivity index is 1.63. The molecule has 192 valence electrons. The lowest BCUT2D eigenvalue weighted by molar-refractivity contribution is 0.209. The number of methoxy groups -OCH3 is 2. The lowest BCUT2D eigenvalue weighted by atomic mass is 10.0. The van der Waals surface area contributed by atoms with Gasteiger partial charge in [-0.2, -0.15) is 0 Å². The van der Waals surface area contributed by atoms with E-state index in [-0.39, 0.29) is 18.1 Å². The van der Waals surface area contributed by atoms with Crippen molar-refractivity contribution in [1.82, 2.24) is 9.88 Å². The Morgan fingerprint density at radius 2 is 1.70 bits per heavy atom. The molecule has 0 saturated heterocycles. The Morgan fingerprint density at radius 3 is 2.43 bits per heavy atom. The first kappa shape index (κ1) is 26.1. The summed E-state index contributed by atoms with van der Waals surface area (Å²) in [5.41, 5.74) is 4.75. The molecule has 0 aliphatic carbocycles. The second-order valence-corrected chi connectivity index (χ2v) is 9.33. The number of fused-ring (bicyclic) bond motifs is 1. The molecule has 0 aliphatic heterocycles. The summed E-state index contributed by atoms with van der Waals surface area (Å²) in [6, 6.07) is 18.2. The van der Waals surface area contributed by atoms with Crippen molar-refractivity contribution >= 4 is 34.2 Å². The van der Waals surface area contributed by atoms with Crippen LogP contribution in [-0.2, 0) is 13.0 Å². The molecule has 0 fully saturated rings. The molecule has 0 aliphatic rings. The second-order valence-electron chi connectivity index (χ2n) is 8.92. The number of hydrogen-bond donors (Lipinski definition) is 2. The number of anilines is 1. The second kappa shape index (κ2) is 11.4. The van der Waals surface area contributed by atoms with Gasteiger partial charge in [0.05, 0.1) is 31.5 Å². The van der Waals surface area contributed by atoms with E-state index >= 15 is 0 Å². The van der Waals surface area contributed by atoms with E-state index in [0.717, 1.165) is 27.6 Å². The first-order valence-corrected chi connectivity index (χ1v) is 12.3. The zero-order valence-corrected chi connectivity index (χ0v) is 22.1. The van der Waals surface area contributed by atoms with E-state index in [1.165, 1.54) is 0 Å². The number of aromatic nitrogens is 1. The molecule has 0 atom stereocenters. The van der Waals surface area contributed by atoms with Gasteiger partial charge in [-0.25, -0.2) is 4.79 Å². The highest BCUT2D eigenvalue weighted by Crippen LogP contribution is 2.28. The highest BCUT2D eigenvalue weighted by atomic mass is 35.5. The van der Waals surface area contributed by atoms with E-state index < -0.39 is 0 Å². The Labute approximate surface area is 221 Å². The molecule has 1 aromatic heterocycles. The molecule has 0 saturated carbocycles. The molecule has 8 heteroatoms. The predicted octanol–water partition coefficient (Wildman–Crippen LogP) is 6.09. The average Bonchev–Trinajstić information content (AvgIpc) is 2.89. The van der Waals surface area contributed by atoms with Gasteiger partial charge < -0.3 is 24.7 Å². The number of rotatable bonds is 8. The number of halogens is 1. The molecular weight excluding hydrogens is 490 g/mol. The van der Waals surface area contributed by atoms with E-state index in [2.05, 4.69) is 10.3 Å². The smallest absolute Gasteiger partial charge is 0.322 e. The molecule has 2 amide bonds. The number of para-hydroxylation sites is 1. The third-order valence-corrected chi connectivity index (χ3v) is 6.75. The Kier molecular flexibility index (Phi) is 8.04. The number of hydrogen-bond acceptors (Lipinski definition) is 4. The minimum Gasteiger partial charge on any atom is -0.493 e. The van der Waals surface area contributed by atoms with Crippen molar-refractivity contribution in [3.05, 3.63) is 98.3 Å². The summed E-state index contributed by atoms with van der Waals surface area (Å²) in [7, 11) is 3.17. The summed E-state index contributed by atoms with van der Waals surface area (Å²) in [6.45, 7) is 4.53. The minimum absolute atomic E-state index is 0.127. The highest BCUT2D eigenvalue weighted by Gasteiger charge is 2.18. The van der Waals surface area contributed by atoms with Gasteiger partial charge >= 0.3 is 6.03 Å². The molecule has 0 radical (unpaired) electrons. The molecule has 4 aromatic rings. The number of pyridine rings is 1. The van der Waals surface area contributed by atoms with Crippen molar-refractivity contribution in [2.24, 2.45) is 0 Å². The number of H-pyrrole nitrogens is 1. The van der Waals surface area contributed by atoms with Crippen LogP contribution in [0.25, 0.3) is 10.9 Å². The lowest BCUT2D eigenvalue weighted by Gasteiger charge is -2.24. The molecule has 7 nitrogen and oxygen atoms in total. The van der Waals surface area contributed by atoms with Crippen molar-refractivity contribution in [3.8, 4) is 11.5 Å². The summed E-state index contributed by atoms with van der Waals surface area (Å²) >= 11 is 6.27. The number of aryl methyl sites for hydroxylation is 2. The summed E-state index contributed by atoms with van der Waals surface area (Å²) in [4.78, 5) is 30.9. The van der Waals surface area contributed by atoms with Crippen LogP contribution in [0.15, 0.2) is 65.5 Å². The van der Waals surface area contributed by atoms with Crippen molar-refractivity contribution in [3.63, 3.8) is 0 Å². The maximum Gasteiger partial charge on any atom is 0.322 e. The fourth-order valence-corrected chi connectivity index (χ4v) is 4.34. The number of aromatic amines is 1. The van der Waals surface area contributed by atoms with E-state index in [0.29, 0.717) is 40.7 Å². The molecule has 2 N–H and O–H groups in total. The molecular formula is C29H30ClN3O4. The van der Waals surface area contributed by atoms with Crippen molar-refractivity contribution in [2.45, 2.75) is 26.8 Å². The largest absolute Gasteiger partial charge is 0.493 e. The van der Waals surface area contributed by atoms with Crippen molar-refractivity contribution in [2.75, 3.05) is 26.1 Å². The van der Waals surface area contributed by atoms with Gasteiger partial charge in [0.2, 0.25) is 0 Å². The fourth-order valence-electron chi connectivity index (χ4n) is 4.15. The molecule has 37 heavy (non-hydrogen) atoms. The van der Waals surface area contributed by atoms with Crippen LogP contribution in [0.4, 0.5) is 10.5 Å². The van der Waals surface area contributed by atoms with Gasteiger partial charge in [0.1, 0.15) is 0 Å². The molecule has 0 spiro atoms. The fraction of sp³-hybridized carbons (Fsp3) is 0.241. The van der Waals surface area contributed by atoms with Crippen LogP contribution in [0.2, 0.25) is 5.02 Å². The molecule has 1 heterocycles. The number of amides is 2.